The summed E-state index contributed by atoms with van der Waals surface area (Å²) in [4.78, 5) is 23.9. The summed E-state index contributed by atoms with van der Waals surface area (Å²) in [6.07, 6.45) is 3.22. The molecule has 2 aliphatic rings. The Labute approximate surface area is 122 Å². The third kappa shape index (κ3) is 2.52. The van der Waals surface area contributed by atoms with E-state index in [9.17, 15) is 9.59 Å². The average Bonchev–Trinajstić information content (AvgIpc) is 3.06. The van der Waals surface area contributed by atoms with Gasteiger partial charge >= 0.3 is 5.97 Å². The van der Waals surface area contributed by atoms with Crippen molar-refractivity contribution in [2.45, 2.75) is 19.3 Å². The van der Waals surface area contributed by atoms with E-state index in [-0.39, 0.29) is 17.4 Å². The number of hydrogen-bond acceptors (Lipinski definition) is 3. The molecule has 0 heterocycles. The van der Waals surface area contributed by atoms with Crippen molar-refractivity contribution in [3.05, 3.63) is 28.8 Å². The van der Waals surface area contributed by atoms with Crippen LogP contribution in [0.2, 0.25) is 5.02 Å². The van der Waals surface area contributed by atoms with Crippen molar-refractivity contribution in [2.24, 2.45) is 17.8 Å². The Hall–Kier alpha value is -1.55. The standard InChI is InChI=1S/C15H16ClNO3/c1-20-15(19)12-7-11(16)2-3-13(12)17-14(18)10-5-8-4-9(8)6-10/h2-3,7-10H,4-6H2,1H3,(H,17,18). The second-order valence-electron chi connectivity index (χ2n) is 5.59. The molecule has 0 saturated heterocycles. The molecule has 2 saturated carbocycles. The summed E-state index contributed by atoms with van der Waals surface area (Å²) < 4.78 is 4.71. The Balaban J connectivity index is 1.76. The molecule has 2 fully saturated rings. The third-order valence-electron chi connectivity index (χ3n) is 4.26. The highest BCUT2D eigenvalue weighted by Crippen LogP contribution is 2.54. The van der Waals surface area contributed by atoms with E-state index in [1.54, 1.807) is 12.1 Å². The Morgan fingerprint density at radius 1 is 1.25 bits per heavy atom. The van der Waals surface area contributed by atoms with Gasteiger partial charge in [-0.2, -0.15) is 0 Å². The van der Waals surface area contributed by atoms with Crippen molar-refractivity contribution in [3.63, 3.8) is 0 Å². The molecule has 20 heavy (non-hydrogen) atoms. The topological polar surface area (TPSA) is 55.4 Å². The maximum absolute atomic E-state index is 12.2. The van der Waals surface area contributed by atoms with E-state index in [1.807, 2.05) is 0 Å². The van der Waals surface area contributed by atoms with Crippen molar-refractivity contribution in [1.29, 1.82) is 0 Å². The average molecular weight is 294 g/mol. The number of carbonyl (C=O) groups excluding carboxylic acids is 2. The zero-order chi connectivity index (χ0) is 14.3. The molecule has 0 radical (unpaired) electrons. The van der Waals surface area contributed by atoms with Gasteiger partial charge in [-0.3, -0.25) is 4.79 Å². The van der Waals surface area contributed by atoms with Crippen molar-refractivity contribution in [3.8, 4) is 0 Å². The number of fused-ring (bicyclic) bond motifs is 1. The van der Waals surface area contributed by atoms with Gasteiger partial charge < -0.3 is 10.1 Å². The van der Waals surface area contributed by atoms with Gasteiger partial charge in [-0.25, -0.2) is 4.79 Å². The third-order valence-corrected chi connectivity index (χ3v) is 4.49. The smallest absolute Gasteiger partial charge is 0.340 e. The largest absolute Gasteiger partial charge is 0.465 e. The summed E-state index contributed by atoms with van der Waals surface area (Å²) in [6, 6.07) is 4.80. The quantitative estimate of drug-likeness (QED) is 0.871. The molecule has 1 aromatic rings. The van der Waals surface area contributed by atoms with Crippen molar-refractivity contribution in [2.75, 3.05) is 12.4 Å². The van der Waals surface area contributed by atoms with Gasteiger partial charge in [0.15, 0.2) is 0 Å². The highest BCUT2D eigenvalue weighted by Gasteiger charge is 2.48. The fraction of sp³-hybridized carbons (Fsp3) is 0.467. The molecule has 2 unspecified atom stereocenters. The van der Waals surface area contributed by atoms with Crippen LogP contribution in [0.3, 0.4) is 0 Å². The number of anilines is 1. The second-order valence-corrected chi connectivity index (χ2v) is 6.03. The van der Waals surface area contributed by atoms with Gasteiger partial charge in [-0.05, 0) is 49.3 Å². The highest BCUT2D eigenvalue weighted by molar-refractivity contribution is 6.31. The fourth-order valence-electron chi connectivity index (χ4n) is 3.07. The number of methoxy groups -OCH3 is 1. The maximum Gasteiger partial charge on any atom is 0.340 e. The monoisotopic (exact) mass is 293 g/mol. The van der Waals surface area contributed by atoms with Crippen LogP contribution in [0.1, 0.15) is 29.6 Å². The zero-order valence-electron chi connectivity index (χ0n) is 11.2. The molecule has 5 heteroatoms. The minimum absolute atomic E-state index is 0.00956. The summed E-state index contributed by atoms with van der Waals surface area (Å²) in [5.41, 5.74) is 0.753. The highest BCUT2D eigenvalue weighted by atomic mass is 35.5. The van der Waals surface area contributed by atoms with Gasteiger partial charge in [-0.1, -0.05) is 11.6 Å². The SMILES string of the molecule is COC(=O)c1cc(Cl)ccc1NC(=O)C1CC2CC2C1. The molecule has 2 aliphatic carbocycles. The van der Waals surface area contributed by atoms with Crippen LogP contribution in [-0.4, -0.2) is 19.0 Å². The summed E-state index contributed by atoms with van der Waals surface area (Å²) in [5.74, 6) is 1.05. The van der Waals surface area contributed by atoms with E-state index in [4.69, 9.17) is 16.3 Å². The number of amides is 1. The number of nitrogens with one attached hydrogen (secondary N) is 1. The number of benzene rings is 1. The molecule has 3 rings (SSSR count). The molecule has 4 nitrogen and oxygen atoms in total. The fourth-order valence-corrected chi connectivity index (χ4v) is 3.24. The summed E-state index contributed by atoms with van der Waals surface area (Å²) in [5, 5.41) is 3.27. The van der Waals surface area contributed by atoms with Crippen LogP contribution in [0.15, 0.2) is 18.2 Å². The van der Waals surface area contributed by atoms with E-state index >= 15 is 0 Å². The number of hydrogen-bond donors (Lipinski definition) is 1. The van der Waals surface area contributed by atoms with Crippen molar-refractivity contribution in [1.82, 2.24) is 0 Å². The number of ether oxygens (including phenoxy) is 1. The molecule has 0 aliphatic heterocycles. The van der Waals surface area contributed by atoms with Crippen LogP contribution in [0, 0.1) is 17.8 Å². The van der Waals surface area contributed by atoms with Gasteiger partial charge in [0.2, 0.25) is 5.91 Å². The van der Waals surface area contributed by atoms with Gasteiger partial charge in [0.25, 0.3) is 0 Å². The van der Waals surface area contributed by atoms with E-state index in [0.717, 1.165) is 24.7 Å². The van der Waals surface area contributed by atoms with E-state index in [1.165, 1.54) is 19.6 Å². The number of carbonyl (C=O) groups is 2. The van der Waals surface area contributed by atoms with Gasteiger partial charge in [-0.15, -0.1) is 0 Å². The Morgan fingerprint density at radius 2 is 1.95 bits per heavy atom. The van der Waals surface area contributed by atoms with Gasteiger partial charge in [0.1, 0.15) is 0 Å². The molecule has 0 spiro atoms. The predicted molar refractivity (Wildman–Crippen MR) is 75.7 cm³/mol. The van der Waals surface area contributed by atoms with Crippen LogP contribution in [0.4, 0.5) is 5.69 Å². The second kappa shape index (κ2) is 5.09. The molecule has 1 amide bonds. The number of esters is 1. The zero-order valence-corrected chi connectivity index (χ0v) is 11.9. The lowest BCUT2D eigenvalue weighted by Gasteiger charge is -2.14. The first-order valence-corrected chi connectivity index (χ1v) is 7.15. The molecular formula is C15H16ClNO3. The van der Waals surface area contributed by atoms with E-state index in [2.05, 4.69) is 5.32 Å². The van der Waals surface area contributed by atoms with Crippen LogP contribution in [0.25, 0.3) is 0 Å². The van der Waals surface area contributed by atoms with Crippen molar-refractivity contribution >= 4 is 29.2 Å². The maximum atomic E-state index is 12.2. The Morgan fingerprint density at radius 3 is 2.60 bits per heavy atom. The molecule has 2 atom stereocenters. The number of rotatable bonds is 3. The first-order valence-electron chi connectivity index (χ1n) is 6.77. The molecule has 0 aromatic heterocycles. The first-order chi connectivity index (χ1) is 9.58. The minimum atomic E-state index is -0.503. The summed E-state index contributed by atoms with van der Waals surface area (Å²) in [6.45, 7) is 0. The molecule has 1 N–H and O–H groups in total. The van der Waals surface area contributed by atoms with Crippen LogP contribution in [0.5, 0.6) is 0 Å². The van der Waals surface area contributed by atoms with Crippen LogP contribution < -0.4 is 5.32 Å². The Bertz CT molecular complexity index is 562. The van der Waals surface area contributed by atoms with Gasteiger partial charge in [0.05, 0.1) is 18.4 Å². The summed E-state index contributed by atoms with van der Waals surface area (Å²) in [7, 11) is 1.30. The predicted octanol–water partition coefficient (Wildman–Crippen LogP) is 3.11. The van der Waals surface area contributed by atoms with Crippen LogP contribution in [-0.2, 0) is 9.53 Å². The summed E-state index contributed by atoms with van der Waals surface area (Å²) >= 11 is 5.89. The van der Waals surface area contributed by atoms with E-state index < -0.39 is 5.97 Å². The Kier molecular flexibility index (Phi) is 3.42. The van der Waals surface area contributed by atoms with Crippen LogP contribution >= 0.6 is 11.6 Å². The molecule has 1 aromatic carbocycles. The lowest BCUT2D eigenvalue weighted by Crippen LogP contribution is -2.23. The number of halogens is 1. The van der Waals surface area contributed by atoms with Crippen molar-refractivity contribution < 1.29 is 14.3 Å². The first kappa shape index (κ1) is 13.4. The molecular weight excluding hydrogens is 278 g/mol. The lowest BCUT2D eigenvalue weighted by molar-refractivity contribution is -0.120. The molecule has 0 bridgehead atoms. The lowest BCUT2D eigenvalue weighted by atomic mass is 10.0. The van der Waals surface area contributed by atoms with Gasteiger partial charge in [0, 0.05) is 10.9 Å². The minimum Gasteiger partial charge on any atom is -0.465 e. The molecule has 106 valence electrons. The normalized spacial score (nSPS) is 26.8. The van der Waals surface area contributed by atoms with E-state index in [0.29, 0.717) is 10.7 Å².